The molecule has 0 atom stereocenters. The van der Waals surface area contributed by atoms with Crippen molar-refractivity contribution < 1.29 is 4.74 Å². The van der Waals surface area contributed by atoms with E-state index in [4.69, 9.17) is 4.74 Å². The Morgan fingerprint density at radius 2 is 2.00 bits per heavy atom. The molecule has 0 unspecified atom stereocenters. The molecule has 0 aliphatic carbocycles. The Morgan fingerprint density at radius 1 is 1.50 bits per heavy atom. The zero-order valence-electron chi connectivity index (χ0n) is 4.23. The van der Waals surface area contributed by atoms with Crippen LogP contribution in [-0.2, 0) is 4.74 Å². The smallest absolute Gasteiger partial charge is 0.0459 e. The van der Waals surface area contributed by atoms with Gasteiger partial charge in [-0.05, 0) is 6.42 Å². The summed E-state index contributed by atoms with van der Waals surface area (Å²) in [6.07, 6.45) is 1.12. The van der Waals surface area contributed by atoms with E-state index in [1.165, 1.54) is 0 Å². The topological polar surface area (TPSA) is 9.23 Å². The van der Waals surface area contributed by atoms with Crippen molar-refractivity contribution in [3.63, 3.8) is 0 Å². The Hall–Kier alpha value is 0.250. The van der Waals surface area contributed by atoms with Crippen molar-refractivity contribution in [1.29, 1.82) is 0 Å². The maximum Gasteiger partial charge on any atom is 0.0459 e. The Balaban J connectivity index is 0. The number of rotatable bonds is 2. The van der Waals surface area contributed by atoms with E-state index in [0.717, 1.165) is 13.0 Å². The fraction of sp³-hybridized carbons (Fsp3) is 1.00. The molecule has 0 heterocycles. The summed E-state index contributed by atoms with van der Waals surface area (Å²) in [5, 5.41) is 0. The number of ether oxygens (including phenoxy) is 1. The summed E-state index contributed by atoms with van der Waals surface area (Å²) in [5.41, 5.74) is 0. The van der Waals surface area contributed by atoms with E-state index in [-0.39, 0.29) is 12.4 Å². The molecule has 0 aliphatic heterocycles. The highest BCUT2D eigenvalue weighted by molar-refractivity contribution is 5.85. The van der Waals surface area contributed by atoms with E-state index < -0.39 is 0 Å². The minimum Gasteiger partial charge on any atom is -0.385 e. The average Bonchev–Trinajstić information content (AvgIpc) is 1.41. The standard InChI is InChI=1S/C4H10O.ClH/c1-3-4-5-2;/h3-4H2,1-2H3;1H. The second-order valence-corrected chi connectivity index (χ2v) is 0.993. The fourth-order valence-corrected chi connectivity index (χ4v) is 0.204. The van der Waals surface area contributed by atoms with Crippen molar-refractivity contribution in [2.45, 2.75) is 13.3 Å². The van der Waals surface area contributed by atoms with Gasteiger partial charge in [0.1, 0.15) is 0 Å². The number of hydrogen-bond acceptors (Lipinski definition) is 1. The summed E-state index contributed by atoms with van der Waals surface area (Å²) in [6.45, 7) is 2.98. The van der Waals surface area contributed by atoms with Crippen LogP contribution < -0.4 is 0 Å². The van der Waals surface area contributed by atoms with Gasteiger partial charge in [-0.3, -0.25) is 0 Å². The van der Waals surface area contributed by atoms with Gasteiger partial charge in [0.25, 0.3) is 0 Å². The first-order valence-electron chi connectivity index (χ1n) is 1.90. The van der Waals surface area contributed by atoms with Crippen LogP contribution in [-0.4, -0.2) is 13.7 Å². The summed E-state index contributed by atoms with van der Waals surface area (Å²) in [4.78, 5) is 0. The zero-order valence-corrected chi connectivity index (χ0v) is 5.05. The first kappa shape index (κ1) is 9.54. The van der Waals surface area contributed by atoms with Gasteiger partial charge in [-0.15, -0.1) is 12.4 Å². The minimum atomic E-state index is 0. The summed E-state index contributed by atoms with van der Waals surface area (Å²) in [7, 11) is 1.71. The number of methoxy groups -OCH3 is 1. The molecule has 0 aromatic rings. The molecule has 0 spiro atoms. The first-order valence-corrected chi connectivity index (χ1v) is 1.90. The Labute approximate surface area is 45.1 Å². The third-order valence-electron chi connectivity index (χ3n) is 0.408. The summed E-state index contributed by atoms with van der Waals surface area (Å²) >= 11 is 0. The van der Waals surface area contributed by atoms with Gasteiger partial charge >= 0.3 is 0 Å². The van der Waals surface area contributed by atoms with Gasteiger partial charge in [0.2, 0.25) is 0 Å². The quantitative estimate of drug-likeness (QED) is 0.523. The molecule has 0 radical (unpaired) electrons. The predicted octanol–water partition coefficient (Wildman–Crippen LogP) is 1.46. The first-order chi connectivity index (χ1) is 2.41. The van der Waals surface area contributed by atoms with Crippen molar-refractivity contribution in [3.8, 4) is 0 Å². The van der Waals surface area contributed by atoms with Gasteiger partial charge in [-0.2, -0.15) is 0 Å². The van der Waals surface area contributed by atoms with Crippen molar-refractivity contribution in [1.82, 2.24) is 0 Å². The van der Waals surface area contributed by atoms with Crippen molar-refractivity contribution in [2.24, 2.45) is 0 Å². The lowest BCUT2D eigenvalue weighted by Crippen LogP contribution is -1.80. The monoisotopic (exact) mass is 110 g/mol. The number of halogens is 1. The molecule has 0 saturated carbocycles. The lowest BCUT2D eigenvalue weighted by molar-refractivity contribution is 0.199. The molecule has 40 valence electrons. The van der Waals surface area contributed by atoms with E-state index >= 15 is 0 Å². The van der Waals surface area contributed by atoms with Gasteiger partial charge in [0.05, 0.1) is 0 Å². The van der Waals surface area contributed by atoms with Crippen LogP contribution in [0.25, 0.3) is 0 Å². The Bertz CT molecular complexity index is 15.0. The second kappa shape index (κ2) is 8.98. The van der Waals surface area contributed by atoms with Crippen LogP contribution in [0.1, 0.15) is 13.3 Å². The molecule has 0 N–H and O–H groups in total. The maximum atomic E-state index is 4.69. The van der Waals surface area contributed by atoms with Gasteiger partial charge in [-0.1, -0.05) is 6.92 Å². The van der Waals surface area contributed by atoms with E-state index in [1.807, 2.05) is 0 Å². The molecule has 0 bridgehead atoms. The highest BCUT2D eigenvalue weighted by atomic mass is 35.5. The van der Waals surface area contributed by atoms with Gasteiger partial charge in [0.15, 0.2) is 0 Å². The molecule has 0 aromatic carbocycles. The SMILES string of the molecule is CCCOC.Cl. The lowest BCUT2D eigenvalue weighted by atomic mass is 10.5. The molecule has 0 fully saturated rings. The highest BCUT2D eigenvalue weighted by Gasteiger charge is 1.66. The Kier molecular flexibility index (Phi) is 14.3. The molecule has 0 amide bonds. The van der Waals surface area contributed by atoms with Gasteiger partial charge < -0.3 is 4.74 Å². The highest BCUT2D eigenvalue weighted by Crippen LogP contribution is 1.70. The van der Waals surface area contributed by atoms with Crippen molar-refractivity contribution in [2.75, 3.05) is 13.7 Å². The van der Waals surface area contributed by atoms with E-state index in [9.17, 15) is 0 Å². The van der Waals surface area contributed by atoms with Crippen molar-refractivity contribution >= 4 is 12.4 Å². The normalized spacial score (nSPS) is 7.00. The van der Waals surface area contributed by atoms with E-state index in [0.29, 0.717) is 0 Å². The average molecular weight is 111 g/mol. The minimum absolute atomic E-state index is 0. The Morgan fingerprint density at radius 3 is 2.00 bits per heavy atom. The molecule has 2 heteroatoms. The molecular weight excluding hydrogens is 99.5 g/mol. The fourth-order valence-electron chi connectivity index (χ4n) is 0.204. The van der Waals surface area contributed by atoms with Crippen LogP contribution in [0.2, 0.25) is 0 Å². The third-order valence-corrected chi connectivity index (χ3v) is 0.408. The lowest BCUT2D eigenvalue weighted by Gasteiger charge is -1.84. The summed E-state index contributed by atoms with van der Waals surface area (Å²) in [5.74, 6) is 0. The molecular formula is C4H11ClO. The molecule has 0 aromatic heterocycles. The van der Waals surface area contributed by atoms with Gasteiger partial charge in [-0.25, -0.2) is 0 Å². The van der Waals surface area contributed by atoms with Crippen LogP contribution in [0.4, 0.5) is 0 Å². The molecule has 6 heavy (non-hydrogen) atoms. The van der Waals surface area contributed by atoms with Crippen LogP contribution >= 0.6 is 12.4 Å². The second-order valence-electron chi connectivity index (χ2n) is 0.993. The van der Waals surface area contributed by atoms with Crippen LogP contribution in [0, 0.1) is 0 Å². The van der Waals surface area contributed by atoms with Crippen LogP contribution in [0.5, 0.6) is 0 Å². The van der Waals surface area contributed by atoms with E-state index in [2.05, 4.69) is 6.92 Å². The van der Waals surface area contributed by atoms with Gasteiger partial charge in [0, 0.05) is 13.7 Å². The third kappa shape index (κ3) is 8.87. The summed E-state index contributed by atoms with van der Waals surface area (Å²) < 4.78 is 4.69. The maximum absolute atomic E-state index is 4.69. The molecule has 0 rings (SSSR count). The zero-order chi connectivity index (χ0) is 4.12. The largest absolute Gasteiger partial charge is 0.385 e. The van der Waals surface area contributed by atoms with E-state index in [1.54, 1.807) is 7.11 Å². The molecule has 0 saturated heterocycles. The molecule has 0 aliphatic rings. The van der Waals surface area contributed by atoms with Crippen LogP contribution in [0.3, 0.4) is 0 Å². The van der Waals surface area contributed by atoms with Crippen molar-refractivity contribution in [3.05, 3.63) is 0 Å². The predicted molar refractivity (Wildman–Crippen MR) is 29.4 cm³/mol. The number of hydrogen-bond donors (Lipinski definition) is 0. The summed E-state index contributed by atoms with van der Waals surface area (Å²) in [6, 6.07) is 0. The van der Waals surface area contributed by atoms with Crippen LogP contribution in [0.15, 0.2) is 0 Å². The molecule has 1 nitrogen and oxygen atoms in total.